The SMILES string of the molecule is CNC(=O)CN1CCC(NC(=O)CC(N)c2ccccc2)CC1.Cl.Cl. The van der Waals surface area contributed by atoms with Gasteiger partial charge in [0.2, 0.25) is 11.8 Å². The van der Waals surface area contributed by atoms with Gasteiger partial charge in [0.05, 0.1) is 6.54 Å². The zero-order valence-corrected chi connectivity index (χ0v) is 16.1. The first-order chi connectivity index (χ1) is 11.1. The van der Waals surface area contributed by atoms with Crippen LogP contribution in [0.4, 0.5) is 0 Å². The predicted molar refractivity (Wildman–Crippen MR) is 104 cm³/mol. The predicted octanol–water partition coefficient (Wildman–Crippen LogP) is 1.25. The van der Waals surface area contributed by atoms with E-state index in [-0.39, 0.29) is 48.7 Å². The average Bonchev–Trinajstić information content (AvgIpc) is 2.57. The van der Waals surface area contributed by atoms with Crippen molar-refractivity contribution in [3.8, 4) is 0 Å². The molecule has 1 heterocycles. The van der Waals surface area contributed by atoms with Gasteiger partial charge in [0, 0.05) is 38.6 Å². The Morgan fingerprint density at radius 3 is 2.32 bits per heavy atom. The van der Waals surface area contributed by atoms with Crippen LogP contribution in [0.2, 0.25) is 0 Å². The monoisotopic (exact) mass is 390 g/mol. The zero-order valence-electron chi connectivity index (χ0n) is 14.4. The number of halogens is 2. The van der Waals surface area contributed by atoms with Crippen LogP contribution in [0, 0.1) is 0 Å². The molecule has 142 valence electrons. The first kappa shape index (κ1) is 23.7. The van der Waals surface area contributed by atoms with Crippen molar-refractivity contribution in [1.82, 2.24) is 15.5 Å². The van der Waals surface area contributed by atoms with Crippen molar-refractivity contribution in [1.29, 1.82) is 0 Å². The van der Waals surface area contributed by atoms with Crippen LogP contribution in [-0.2, 0) is 9.59 Å². The van der Waals surface area contributed by atoms with Crippen molar-refractivity contribution in [2.24, 2.45) is 5.73 Å². The van der Waals surface area contributed by atoms with Gasteiger partial charge in [-0.05, 0) is 18.4 Å². The van der Waals surface area contributed by atoms with Gasteiger partial charge in [-0.15, -0.1) is 24.8 Å². The van der Waals surface area contributed by atoms with E-state index in [4.69, 9.17) is 5.73 Å². The first-order valence-electron chi connectivity index (χ1n) is 8.11. The summed E-state index contributed by atoms with van der Waals surface area (Å²) in [6.45, 7) is 2.07. The van der Waals surface area contributed by atoms with Crippen molar-refractivity contribution in [3.05, 3.63) is 35.9 Å². The number of likely N-dealkylation sites (tertiary alicyclic amines) is 1. The molecule has 0 saturated carbocycles. The molecule has 0 radical (unpaired) electrons. The summed E-state index contributed by atoms with van der Waals surface area (Å²) in [5.41, 5.74) is 7.05. The second kappa shape index (κ2) is 12.1. The molecule has 0 bridgehead atoms. The Kier molecular flexibility index (Phi) is 11.4. The molecule has 2 amide bonds. The summed E-state index contributed by atoms with van der Waals surface area (Å²) < 4.78 is 0. The number of rotatable bonds is 6. The van der Waals surface area contributed by atoms with E-state index in [9.17, 15) is 9.59 Å². The van der Waals surface area contributed by atoms with E-state index in [1.54, 1.807) is 7.05 Å². The van der Waals surface area contributed by atoms with Gasteiger partial charge in [-0.1, -0.05) is 30.3 Å². The van der Waals surface area contributed by atoms with Gasteiger partial charge in [0.25, 0.3) is 0 Å². The van der Waals surface area contributed by atoms with E-state index in [0.29, 0.717) is 13.0 Å². The number of carbonyl (C=O) groups excluding carboxylic acids is 2. The lowest BCUT2D eigenvalue weighted by Gasteiger charge is -2.31. The lowest BCUT2D eigenvalue weighted by atomic mass is 10.0. The van der Waals surface area contributed by atoms with Crippen LogP contribution in [0.3, 0.4) is 0 Å². The summed E-state index contributed by atoms with van der Waals surface area (Å²) in [6, 6.07) is 9.56. The third-order valence-electron chi connectivity index (χ3n) is 4.23. The summed E-state index contributed by atoms with van der Waals surface area (Å²) in [7, 11) is 1.64. The van der Waals surface area contributed by atoms with Crippen LogP contribution in [0.5, 0.6) is 0 Å². The summed E-state index contributed by atoms with van der Waals surface area (Å²) in [6.07, 6.45) is 2.02. The molecule has 1 saturated heterocycles. The molecule has 4 N–H and O–H groups in total. The number of amides is 2. The van der Waals surface area contributed by atoms with Crippen molar-refractivity contribution in [2.75, 3.05) is 26.7 Å². The minimum atomic E-state index is -0.274. The normalized spacial score (nSPS) is 16.1. The Balaban J connectivity index is 0.00000288. The van der Waals surface area contributed by atoms with Crippen molar-refractivity contribution < 1.29 is 9.59 Å². The van der Waals surface area contributed by atoms with E-state index in [2.05, 4.69) is 15.5 Å². The number of nitrogens with one attached hydrogen (secondary N) is 2. The average molecular weight is 391 g/mol. The molecule has 1 aromatic rings. The van der Waals surface area contributed by atoms with Gasteiger partial charge in [-0.25, -0.2) is 0 Å². The Bertz CT molecular complexity index is 523. The molecule has 8 heteroatoms. The molecule has 1 atom stereocenters. The third-order valence-corrected chi connectivity index (χ3v) is 4.23. The van der Waals surface area contributed by atoms with Crippen LogP contribution < -0.4 is 16.4 Å². The van der Waals surface area contributed by atoms with Gasteiger partial charge >= 0.3 is 0 Å². The van der Waals surface area contributed by atoms with Crippen LogP contribution in [-0.4, -0.2) is 49.4 Å². The highest BCUT2D eigenvalue weighted by atomic mass is 35.5. The molecule has 1 aliphatic rings. The molecule has 1 fully saturated rings. The number of nitrogens with two attached hydrogens (primary N) is 1. The standard InChI is InChI=1S/C17H26N4O2.2ClH/c1-19-17(23)12-21-9-7-14(8-10-21)20-16(22)11-15(18)13-5-3-2-4-6-13;;/h2-6,14-15H,7-12,18H2,1H3,(H,19,23)(H,20,22);2*1H. The number of hydrogen-bond acceptors (Lipinski definition) is 4. The molecule has 0 aliphatic carbocycles. The Morgan fingerprint density at radius 1 is 1.16 bits per heavy atom. The molecule has 0 aromatic heterocycles. The highest BCUT2D eigenvalue weighted by molar-refractivity contribution is 5.85. The Morgan fingerprint density at radius 2 is 1.76 bits per heavy atom. The van der Waals surface area contributed by atoms with E-state index in [1.807, 2.05) is 30.3 Å². The smallest absolute Gasteiger partial charge is 0.233 e. The van der Waals surface area contributed by atoms with Gasteiger partial charge in [-0.2, -0.15) is 0 Å². The largest absolute Gasteiger partial charge is 0.358 e. The maximum absolute atomic E-state index is 12.1. The molecule has 1 aromatic carbocycles. The molecule has 2 rings (SSSR count). The zero-order chi connectivity index (χ0) is 16.7. The number of benzene rings is 1. The van der Waals surface area contributed by atoms with Crippen molar-refractivity contribution in [2.45, 2.75) is 31.3 Å². The fourth-order valence-electron chi connectivity index (χ4n) is 2.82. The summed E-state index contributed by atoms with van der Waals surface area (Å²) in [5, 5.41) is 5.69. The molecular weight excluding hydrogens is 363 g/mol. The lowest BCUT2D eigenvalue weighted by Crippen LogP contribution is -2.47. The van der Waals surface area contributed by atoms with Crippen LogP contribution in [0.15, 0.2) is 30.3 Å². The minimum absolute atomic E-state index is 0. The highest BCUT2D eigenvalue weighted by Gasteiger charge is 2.22. The quantitative estimate of drug-likeness (QED) is 0.681. The second-order valence-electron chi connectivity index (χ2n) is 6.01. The number of carbonyl (C=O) groups is 2. The van der Waals surface area contributed by atoms with Gasteiger partial charge < -0.3 is 16.4 Å². The van der Waals surface area contributed by atoms with Crippen molar-refractivity contribution >= 4 is 36.6 Å². The van der Waals surface area contributed by atoms with E-state index >= 15 is 0 Å². The van der Waals surface area contributed by atoms with Gasteiger partial charge in [-0.3, -0.25) is 14.5 Å². The van der Waals surface area contributed by atoms with Gasteiger partial charge in [0.1, 0.15) is 0 Å². The first-order valence-corrected chi connectivity index (χ1v) is 8.11. The Labute approximate surface area is 161 Å². The molecule has 25 heavy (non-hydrogen) atoms. The highest BCUT2D eigenvalue weighted by Crippen LogP contribution is 2.14. The molecule has 1 unspecified atom stereocenters. The number of hydrogen-bond donors (Lipinski definition) is 3. The van der Waals surface area contributed by atoms with Crippen LogP contribution in [0.1, 0.15) is 30.9 Å². The Hall–Kier alpha value is -1.34. The maximum atomic E-state index is 12.1. The summed E-state index contributed by atoms with van der Waals surface area (Å²) in [5.74, 6) is 0.0208. The molecule has 6 nitrogen and oxygen atoms in total. The second-order valence-corrected chi connectivity index (χ2v) is 6.01. The fraction of sp³-hybridized carbons (Fsp3) is 0.529. The topological polar surface area (TPSA) is 87.5 Å². The summed E-state index contributed by atoms with van der Waals surface area (Å²) >= 11 is 0. The minimum Gasteiger partial charge on any atom is -0.358 e. The van der Waals surface area contributed by atoms with E-state index < -0.39 is 0 Å². The van der Waals surface area contributed by atoms with Crippen molar-refractivity contribution in [3.63, 3.8) is 0 Å². The molecule has 0 spiro atoms. The lowest BCUT2D eigenvalue weighted by molar-refractivity contribution is -0.124. The van der Waals surface area contributed by atoms with E-state index in [0.717, 1.165) is 31.5 Å². The fourth-order valence-corrected chi connectivity index (χ4v) is 2.82. The number of nitrogens with zero attached hydrogens (tertiary/aromatic N) is 1. The molecular formula is C17H28Cl2N4O2. The van der Waals surface area contributed by atoms with Crippen LogP contribution in [0.25, 0.3) is 0 Å². The van der Waals surface area contributed by atoms with E-state index in [1.165, 1.54) is 0 Å². The van der Waals surface area contributed by atoms with Gasteiger partial charge in [0.15, 0.2) is 0 Å². The number of piperidine rings is 1. The molecule has 1 aliphatic heterocycles. The number of likely N-dealkylation sites (N-methyl/N-ethyl adjacent to an activating group) is 1. The maximum Gasteiger partial charge on any atom is 0.233 e. The summed E-state index contributed by atoms with van der Waals surface area (Å²) in [4.78, 5) is 25.6. The third kappa shape index (κ3) is 8.05. The van der Waals surface area contributed by atoms with Crippen LogP contribution >= 0.6 is 24.8 Å².